The first kappa shape index (κ1) is 20.8. The van der Waals surface area contributed by atoms with Gasteiger partial charge in [-0.3, -0.25) is 9.59 Å². The molecule has 2 aromatic rings. The van der Waals surface area contributed by atoms with E-state index in [2.05, 4.69) is 5.32 Å². The number of carbonyl (C=O) groups excluding carboxylic acids is 2. The molecule has 0 spiro atoms. The molecule has 3 rings (SSSR count). The summed E-state index contributed by atoms with van der Waals surface area (Å²) in [6, 6.07) is 12.4. The van der Waals surface area contributed by atoms with Crippen molar-refractivity contribution >= 4 is 17.5 Å². The van der Waals surface area contributed by atoms with Gasteiger partial charge in [-0.2, -0.15) is 0 Å². The molecule has 2 aromatic carbocycles. The normalized spacial score (nSPS) is 16.6. The average Bonchev–Trinajstić information content (AvgIpc) is 2.70. The van der Waals surface area contributed by atoms with Crippen molar-refractivity contribution in [2.24, 2.45) is 0 Å². The Hall–Kier alpha value is -2.93. The molecule has 0 aliphatic carbocycles. The second-order valence-electron chi connectivity index (χ2n) is 7.38. The first-order chi connectivity index (χ1) is 13.9. The largest absolute Gasteiger partial charge is 0.454 e. The Morgan fingerprint density at radius 1 is 1.14 bits per heavy atom. The van der Waals surface area contributed by atoms with Gasteiger partial charge < -0.3 is 19.9 Å². The number of nitrogens with one attached hydrogen (secondary N) is 1. The summed E-state index contributed by atoms with van der Waals surface area (Å²) in [5.41, 5.74) is 0.599. The van der Waals surface area contributed by atoms with Crippen LogP contribution in [0.3, 0.4) is 0 Å². The Balaban J connectivity index is 1.63. The maximum atomic E-state index is 13.7. The predicted molar refractivity (Wildman–Crippen MR) is 109 cm³/mol. The van der Waals surface area contributed by atoms with Crippen molar-refractivity contribution in [1.29, 1.82) is 0 Å². The van der Waals surface area contributed by atoms with E-state index in [1.807, 2.05) is 14.1 Å². The zero-order valence-electron chi connectivity index (χ0n) is 16.7. The third-order valence-electron chi connectivity index (χ3n) is 4.76. The van der Waals surface area contributed by atoms with E-state index in [1.54, 1.807) is 52.3 Å². The van der Waals surface area contributed by atoms with Gasteiger partial charge in [0.1, 0.15) is 11.8 Å². The quantitative estimate of drug-likeness (QED) is 0.808. The summed E-state index contributed by atoms with van der Waals surface area (Å²) in [6.45, 7) is 0.881. The molecule has 0 unspecified atom stereocenters. The van der Waals surface area contributed by atoms with Gasteiger partial charge in [0.25, 0.3) is 0 Å². The maximum Gasteiger partial charge on any atom is 0.247 e. The van der Waals surface area contributed by atoms with E-state index >= 15 is 0 Å². The van der Waals surface area contributed by atoms with E-state index in [-0.39, 0.29) is 24.1 Å². The number of carbonyl (C=O) groups is 2. The number of hydrogen-bond acceptors (Lipinski definition) is 4. The number of amides is 2. The molecule has 0 radical (unpaired) electrons. The van der Waals surface area contributed by atoms with Crippen molar-refractivity contribution in [3.63, 3.8) is 0 Å². The molecule has 1 aliphatic rings. The molecule has 1 heterocycles. The number of benzene rings is 2. The summed E-state index contributed by atoms with van der Waals surface area (Å²) in [5, 5.41) is 2.88. The topological polar surface area (TPSA) is 61.9 Å². The molecule has 0 bridgehead atoms. The minimum absolute atomic E-state index is 0.0384. The van der Waals surface area contributed by atoms with Crippen molar-refractivity contribution in [3.8, 4) is 11.5 Å². The van der Waals surface area contributed by atoms with Gasteiger partial charge in [-0.25, -0.2) is 4.39 Å². The number of halogens is 1. The lowest BCUT2D eigenvalue weighted by molar-refractivity contribution is -0.140. The standard InChI is InChI=1S/C22H26FN3O3/c1-25(2)15-21(27)26-14-6-5-8-19(26)22(28)24-16-10-12-17(13-11-16)29-20-9-4-3-7-18(20)23/h3-4,7,9-13,19H,5-6,8,14-15H2,1-2H3,(H,24,28)/t19-/m0/s1. The smallest absolute Gasteiger partial charge is 0.247 e. The van der Waals surface area contributed by atoms with Gasteiger partial charge in [0.05, 0.1) is 6.54 Å². The molecule has 0 aromatic heterocycles. The van der Waals surface area contributed by atoms with Crippen LogP contribution in [0.4, 0.5) is 10.1 Å². The molecular formula is C22H26FN3O3. The van der Waals surface area contributed by atoms with Crippen molar-refractivity contribution in [1.82, 2.24) is 9.80 Å². The molecule has 6 nitrogen and oxygen atoms in total. The Bertz CT molecular complexity index is 855. The van der Waals surface area contributed by atoms with E-state index in [0.29, 0.717) is 24.4 Å². The number of hydrogen-bond donors (Lipinski definition) is 1. The maximum absolute atomic E-state index is 13.7. The van der Waals surface area contributed by atoms with Crippen LogP contribution in [0.1, 0.15) is 19.3 Å². The number of para-hydroxylation sites is 1. The van der Waals surface area contributed by atoms with Crippen molar-refractivity contribution in [2.75, 3.05) is 32.5 Å². The van der Waals surface area contributed by atoms with Crippen LogP contribution in [0, 0.1) is 5.82 Å². The third-order valence-corrected chi connectivity index (χ3v) is 4.76. The Kier molecular flexibility index (Phi) is 6.82. The van der Waals surface area contributed by atoms with Gasteiger partial charge in [-0.15, -0.1) is 0 Å². The highest BCUT2D eigenvalue weighted by Crippen LogP contribution is 2.26. The van der Waals surface area contributed by atoms with Crippen LogP contribution in [0.2, 0.25) is 0 Å². The van der Waals surface area contributed by atoms with Gasteiger partial charge in [-0.1, -0.05) is 12.1 Å². The van der Waals surface area contributed by atoms with Crippen LogP contribution in [0.5, 0.6) is 11.5 Å². The van der Waals surface area contributed by atoms with Crippen molar-refractivity contribution in [3.05, 3.63) is 54.3 Å². The van der Waals surface area contributed by atoms with Crippen LogP contribution in [-0.4, -0.2) is 54.8 Å². The van der Waals surface area contributed by atoms with Crippen LogP contribution < -0.4 is 10.1 Å². The summed E-state index contributed by atoms with van der Waals surface area (Å²) in [5.74, 6) is -0.0668. The first-order valence-corrected chi connectivity index (χ1v) is 9.71. The van der Waals surface area contributed by atoms with Crippen molar-refractivity contribution < 1.29 is 18.7 Å². The number of piperidine rings is 1. The molecule has 1 aliphatic heterocycles. The molecule has 1 N–H and O–H groups in total. The van der Waals surface area contributed by atoms with Crippen LogP contribution >= 0.6 is 0 Å². The molecule has 29 heavy (non-hydrogen) atoms. The zero-order valence-corrected chi connectivity index (χ0v) is 16.7. The molecule has 2 amide bonds. The molecule has 0 saturated carbocycles. The first-order valence-electron chi connectivity index (χ1n) is 9.71. The van der Waals surface area contributed by atoms with Gasteiger partial charge in [0.2, 0.25) is 11.8 Å². The lowest BCUT2D eigenvalue weighted by Crippen LogP contribution is -2.52. The van der Waals surface area contributed by atoms with E-state index in [9.17, 15) is 14.0 Å². The molecule has 7 heteroatoms. The summed E-state index contributed by atoms with van der Waals surface area (Å²) in [6.07, 6.45) is 2.48. The summed E-state index contributed by atoms with van der Waals surface area (Å²) >= 11 is 0. The van der Waals surface area contributed by atoms with Gasteiger partial charge in [0, 0.05) is 12.2 Å². The number of likely N-dealkylation sites (N-methyl/N-ethyl adjacent to an activating group) is 1. The van der Waals surface area contributed by atoms with Gasteiger partial charge in [0.15, 0.2) is 11.6 Å². The summed E-state index contributed by atoms with van der Waals surface area (Å²) < 4.78 is 19.2. The Labute approximate surface area is 170 Å². The number of nitrogens with zero attached hydrogens (tertiary/aromatic N) is 2. The van der Waals surface area contributed by atoms with Crippen LogP contribution in [0.25, 0.3) is 0 Å². The van der Waals surface area contributed by atoms with Crippen LogP contribution in [0.15, 0.2) is 48.5 Å². The number of likely N-dealkylation sites (tertiary alicyclic amines) is 1. The van der Waals surface area contributed by atoms with E-state index < -0.39 is 11.9 Å². The lowest BCUT2D eigenvalue weighted by atomic mass is 10.0. The molecule has 1 fully saturated rings. The van der Waals surface area contributed by atoms with Gasteiger partial charge >= 0.3 is 0 Å². The third kappa shape index (κ3) is 5.54. The van der Waals surface area contributed by atoms with E-state index in [4.69, 9.17) is 4.74 Å². The fourth-order valence-electron chi connectivity index (χ4n) is 3.35. The minimum atomic E-state index is -0.467. The number of rotatable bonds is 6. The summed E-state index contributed by atoms with van der Waals surface area (Å²) in [7, 11) is 3.67. The van der Waals surface area contributed by atoms with E-state index in [0.717, 1.165) is 12.8 Å². The Morgan fingerprint density at radius 2 is 1.86 bits per heavy atom. The van der Waals surface area contributed by atoms with Crippen LogP contribution in [-0.2, 0) is 9.59 Å². The Morgan fingerprint density at radius 3 is 2.55 bits per heavy atom. The molecule has 154 valence electrons. The highest BCUT2D eigenvalue weighted by Gasteiger charge is 2.32. The number of anilines is 1. The highest BCUT2D eigenvalue weighted by atomic mass is 19.1. The van der Waals surface area contributed by atoms with Crippen molar-refractivity contribution in [2.45, 2.75) is 25.3 Å². The lowest BCUT2D eigenvalue weighted by Gasteiger charge is -2.35. The fraction of sp³-hybridized carbons (Fsp3) is 0.364. The monoisotopic (exact) mass is 399 g/mol. The SMILES string of the molecule is CN(C)CC(=O)N1CCCC[C@H]1C(=O)Nc1ccc(Oc2ccccc2F)cc1. The van der Waals surface area contributed by atoms with Gasteiger partial charge in [-0.05, 0) is 69.8 Å². The second kappa shape index (κ2) is 9.52. The summed E-state index contributed by atoms with van der Waals surface area (Å²) in [4.78, 5) is 28.7. The fourth-order valence-corrected chi connectivity index (χ4v) is 3.35. The molecular weight excluding hydrogens is 373 g/mol. The number of ether oxygens (including phenoxy) is 1. The van der Waals surface area contributed by atoms with E-state index in [1.165, 1.54) is 6.07 Å². The minimum Gasteiger partial charge on any atom is -0.454 e. The molecule has 1 saturated heterocycles. The second-order valence-corrected chi connectivity index (χ2v) is 7.38. The predicted octanol–water partition coefficient (Wildman–Crippen LogP) is 3.50. The zero-order chi connectivity index (χ0) is 20.8. The average molecular weight is 399 g/mol. The highest BCUT2D eigenvalue weighted by molar-refractivity contribution is 5.97. The molecule has 1 atom stereocenters.